The minimum atomic E-state index is -0.288. The van der Waals surface area contributed by atoms with Crippen LogP contribution in [0, 0.1) is 0 Å². The maximum atomic E-state index is 13.5. The summed E-state index contributed by atoms with van der Waals surface area (Å²) in [5, 5.41) is 10.5. The van der Waals surface area contributed by atoms with Crippen molar-refractivity contribution in [3.05, 3.63) is 62.9 Å². The first-order valence-electron chi connectivity index (χ1n) is 11.2. The normalized spacial score (nSPS) is 16.5. The van der Waals surface area contributed by atoms with Crippen molar-refractivity contribution in [3.63, 3.8) is 0 Å². The summed E-state index contributed by atoms with van der Waals surface area (Å²) in [6, 6.07) is 11.5. The number of rotatable bonds is 5. The van der Waals surface area contributed by atoms with E-state index >= 15 is 0 Å². The molecule has 4 rings (SSSR count). The van der Waals surface area contributed by atoms with Gasteiger partial charge < -0.3 is 5.32 Å². The highest BCUT2D eigenvalue weighted by Crippen LogP contribution is 2.49. The van der Waals surface area contributed by atoms with Gasteiger partial charge in [0.15, 0.2) is 0 Å². The molecule has 3 aromatic rings. The molecule has 1 aliphatic rings. The van der Waals surface area contributed by atoms with Gasteiger partial charge in [0, 0.05) is 26.9 Å². The number of fused-ring (bicyclic) bond motifs is 1. The smallest absolute Gasteiger partial charge is 0.240 e. The van der Waals surface area contributed by atoms with Crippen LogP contribution in [0.15, 0.2) is 41.8 Å². The van der Waals surface area contributed by atoms with E-state index in [2.05, 4.69) is 32.2 Å². The standard InChI is InChI=1S/C25H29ClN4O2S2/c1-15(2)27-19(31)13-29-20(32)14-34-22(18-10-7-11-33-18)21-23(25(3,4)5)28-30(24(21)29)17-9-6-8-16(26)12-17/h6-12,15,22H,13-14H2,1-5H3,(H,27,31)/t22-/m1/s1. The first kappa shape index (κ1) is 24.8. The molecular formula is C25H29ClN4O2S2. The Balaban J connectivity index is 2.00. The van der Waals surface area contributed by atoms with E-state index in [1.165, 1.54) is 0 Å². The van der Waals surface area contributed by atoms with E-state index in [4.69, 9.17) is 16.7 Å². The van der Waals surface area contributed by atoms with Crippen LogP contribution in [-0.4, -0.2) is 39.9 Å². The molecule has 6 nitrogen and oxygen atoms in total. The van der Waals surface area contributed by atoms with Crippen molar-refractivity contribution in [1.82, 2.24) is 15.1 Å². The van der Waals surface area contributed by atoms with Gasteiger partial charge in [-0.1, -0.05) is 44.5 Å². The lowest BCUT2D eigenvalue weighted by atomic mass is 9.88. The largest absolute Gasteiger partial charge is 0.352 e. The Morgan fingerprint density at radius 3 is 2.65 bits per heavy atom. The Morgan fingerprint density at radius 1 is 1.26 bits per heavy atom. The molecule has 2 aromatic heterocycles. The van der Waals surface area contributed by atoms with E-state index in [9.17, 15) is 9.59 Å². The fraction of sp³-hybridized carbons (Fsp3) is 0.400. The van der Waals surface area contributed by atoms with Gasteiger partial charge in [0.2, 0.25) is 11.8 Å². The average molecular weight is 517 g/mol. The molecule has 0 unspecified atom stereocenters. The van der Waals surface area contributed by atoms with Crippen molar-refractivity contribution < 1.29 is 9.59 Å². The minimum Gasteiger partial charge on any atom is -0.352 e. The van der Waals surface area contributed by atoms with Crippen molar-refractivity contribution in [2.45, 2.75) is 51.3 Å². The van der Waals surface area contributed by atoms with Crippen molar-refractivity contribution in [2.75, 3.05) is 17.2 Å². The highest BCUT2D eigenvalue weighted by atomic mass is 35.5. The predicted molar refractivity (Wildman–Crippen MR) is 142 cm³/mol. The Bertz CT molecular complexity index is 1200. The molecule has 3 heterocycles. The molecule has 180 valence electrons. The van der Waals surface area contributed by atoms with Gasteiger partial charge in [-0.3, -0.25) is 14.5 Å². The van der Waals surface area contributed by atoms with E-state index in [1.54, 1.807) is 38.7 Å². The molecule has 1 aromatic carbocycles. The van der Waals surface area contributed by atoms with Gasteiger partial charge >= 0.3 is 0 Å². The molecule has 0 bridgehead atoms. The second-order valence-electron chi connectivity index (χ2n) is 9.64. The number of carbonyl (C=O) groups excluding carboxylic acids is 2. The number of thioether (sulfide) groups is 1. The summed E-state index contributed by atoms with van der Waals surface area (Å²) in [5.74, 6) is 0.586. The van der Waals surface area contributed by atoms with Crippen LogP contribution in [-0.2, 0) is 15.0 Å². The number of benzene rings is 1. The molecule has 1 N–H and O–H groups in total. The van der Waals surface area contributed by atoms with Gasteiger partial charge in [-0.25, -0.2) is 4.68 Å². The monoisotopic (exact) mass is 516 g/mol. The lowest BCUT2D eigenvalue weighted by Crippen LogP contribution is -2.44. The first-order chi connectivity index (χ1) is 16.1. The second-order valence-corrected chi connectivity index (χ2v) is 12.1. The summed E-state index contributed by atoms with van der Waals surface area (Å²) in [4.78, 5) is 29.1. The van der Waals surface area contributed by atoms with Crippen LogP contribution in [0.25, 0.3) is 5.69 Å². The van der Waals surface area contributed by atoms with Crippen LogP contribution in [0.1, 0.15) is 56.0 Å². The highest BCUT2D eigenvalue weighted by molar-refractivity contribution is 8.00. The van der Waals surface area contributed by atoms with E-state index in [-0.39, 0.29) is 40.8 Å². The molecule has 0 fully saturated rings. The second kappa shape index (κ2) is 9.76. The molecule has 0 spiro atoms. The molecule has 0 aliphatic carbocycles. The van der Waals surface area contributed by atoms with Gasteiger partial charge in [0.05, 0.1) is 22.4 Å². The Kier molecular flexibility index (Phi) is 7.12. The maximum Gasteiger partial charge on any atom is 0.240 e. The number of nitrogens with one attached hydrogen (secondary N) is 1. The van der Waals surface area contributed by atoms with E-state index in [1.807, 2.05) is 43.5 Å². The van der Waals surface area contributed by atoms with Crippen LogP contribution in [0.2, 0.25) is 5.02 Å². The van der Waals surface area contributed by atoms with Crippen molar-refractivity contribution in [3.8, 4) is 5.69 Å². The lowest BCUT2D eigenvalue weighted by Gasteiger charge is -2.24. The quantitative estimate of drug-likeness (QED) is 0.480. The predicted octanol–water partition coefficient (Wildman–Crippen LogP) is 5.58. The number of anilines is 1. The van der Waals surface area contributed by atoms with Crippen LogP contribution in [0.4, 0.5) is 5.82 Å². The number of thiophene rings is 1. The molecule has 0 saturated carbocycles. The summed E-state index contributed by atoms with van der Waals surface area (Å²) in [6.07, 6.45) is 0. The average Bonchev–Trinajstić information content (AvgIpc) is 3.38. The van der Waals surface area contributed by atoms with Gasteiger partial charge in [-0.2, -0.15) is 5.10 Å². The molecular weight excluding hydrogens is 488 g/mol. The third-order valence-corrected chi connectivity index (χ3v) is 7.96. The first-order valence-corrected chi connectivity index (χ1v) is 13.5. The number of nitrogens with zero attached hydrogens (tertiary/aromatic N) is 3. The minimum absolute atomic E-state index is 0.0229. The molecule has 0 saturated heterocycles. The van der Waals surface area contributed by atoms with Crippen molar-refractivity contribution in [2.24, 2.45) is 0 Å². The maximum absolute atomic E-state index is 13.5. The third kappa shape index (κ3) is 5.04. The number of hydrogen-bond acceptors (Lipinski definition) is 5. The summed E-state index contributed by atoms with van der Waals surface area (Å²) in [6.45, 7) is 10.1. The topological polar surface area (TPSA) is 67.2 Å². The molecule has 0 radical (unpaired) electrons. The summed E-state index contributed by atoms with van der Waals surface area (Å²) in [7, 11) is 0. The summed E-state index contributed by atoms with van der Waals surface area (Å²) >= 11 is 9.59. The molecule has 1 atom stereocenters. The van der Waals surface area contributed by atoms with Crippen molar-refractivity contribution in [1.29, 1.82) is 0 Å². The number of halogens is 1. The fourth-order valence-electron chi connectivity index (χ4n) is 4.04. The Morgan fingerprint density at radius 2 is 2.03 bits per heavy atom. The van der Waals surface area contributed by atoms with E-state index in [0.29, 0.717) is 10.8 Å². The van der Waals surface area contributed by atoms with Crippen LogP contribution in [0.5, 0.6) is 0 Å². The SMILES string of the molecule is CC(C)NC(=O)CN1C(=O)CS[C@H](c2cccs2)c2c(C(C)(C)C)nn(-c3cccc(Cl)c3)c21. The van der Waals surface area contributed by atoms with E-state index in [0.717, 1.165) is 21.8 Å². The van der Waals surface area contributed by atoms with Gasteiger partial charge in [0.1, 0.15) is 12.4 Å². The van der Waals surface area contributed by atoms with Gasteiger partial charge in [-0.05, 0) is 43.5 Å². The van der Waals surface area contributed by atoms with E-state index < -0.39 is 0 Å². The highest BCUT2D eigenvalue weighted by Gasteiger charge is 2.40. The van der Waals surface area contributed by atoms with Gasteiger partial charge in [-0.15, -0.1) is 23.1 Å². The Labute approximate surface area is 213 Å². The number of hydrogen-bond donors (Lipinski definition) is 1. The molecule has 2 amide bonds. The number of aromatic nitrogens is 2. The van der Waals surface area contributed by atoms with Crippen LogP contribution in [0.3, 0.4) is 0 Å². The lowest BCUT2D eigenvalue weighted by molar-refractivity contribution is -0.123. The third-order valence-electron chi connectivity index (χ3n) is 5.41. The zero-order valence-electron chi connectivity index (χ0n) is 20.0. The summed E-state index contributed by atoms with van der Waals surface area (Å²) in [5.41, 5.74) is 2.34. The molecule has 34 heavy (non-hydrogen) atoms. The molecule has 1 aliphatic heterocycles. The molecule has 9 heteroatoms. The van der Waals surface area contributed by atoms with Crippen molar-refractivity contribution >= 4 is 52.3 Å². The van der Waals surface area contributed by atoms with Crippen LogP contribution < -0.4 is 10.2 Å². The zero-order valence-corrected chi connectivity index (χ0v) is 22.4. The summed E-state index contributed by atoms with van der Waals surface area (Å²) < 4.78 is 1.79. The Hall–Kier alpha value is -2.29. The fourth-order valence-corrected chi connectivity index (χ4v) is 6.40. The number of amides is 2. The zero-order chi connectivity index (χ0) is 24.6. The number of carbonyl (C=O) groups is 2. The van der Waals surface area contributed by atoms with Crippen LogP contribution >= 0.6 is 34.7 Å². The van der Waals surface area contributed by atoms with Gasteiger partial charge in [0.25, 0.3) is 0 Å².